The van der Waals surface area contributed by atoms with Gasteiger partial charge in [-0.3, -0.25) is 9.59 Å². The number of piperazine rings is 1. The zero-order chi connectivity index (χ0) is 15.6. The van der Waals surface area contributed by atoms with Gasteiger partial charge in [0.25, 0.3) is 5.91 Å². The van der Waals surface area contributed by atoms with Gasteiger partial charge in [-0.2, -0.15) is 0 Å². The van der Waals surface area contributed by atoms with E-state index in [1.165, 1.54) is 0 Å². The Morgan fingerprint density at radius 2 is 1.86 bits per heavy atom. The van der Waals surface area contributed by atoms with Gasteiger partial charge in [-0.05, 0) is 24.8 Å². The van der Waals surface area contributed by atoms with Crippen molar-refractivity contribution in [3.05, 3.63) is 35.9 Å². The number of carbonyl (C=O) groups is 2. The Morgan fingerprint density at radius 1 is 1.24 bits per heavy atom. The van der Waals surface area contributed by atoms with Crippen LogP contribution in [0.3, 0.4) is 0 Å². The molecular formula is C17H24N2O2. The number of carbonyl (C=O) groups excluding carboxylic acids is 2. The highest BCUT2D eigenvalue weighted by molar-refractivity contribution is 6.00. The van der Waals surface area contributed by atoms with Crippen LogP contribution in [-0.2, 0) is 15.1 Å². The summed E-state index contributed by atoms with van der Waals surface area (Å²) in [5, 5.41) is 2.91. The Hall–Kier alpha value is -1.84. The molecule has 2 unspecified atom stereocenters. The number of nitrogens with zero attached hydrogens (tertiary/aromatic N) is 1. The minimum Gasteiger partial charge on any atom is -0.342 e. The van der Waals surface area contributed by atoms with E-state index in [-0.39, 0.29) is 17.7 Å². The van der Waals surface area contributed by atoms with Crippen LogP contribution in [0.4, 0.5) is 0 Å². The number of nitrogens with one attached hydrogen (secondary N) is 1. The Morgan fingerprint density at radius 3 is 2.38 bits per heavy atom. The average Bonchev–Trinajstić information content (AvgIpc) is 2.48. The minimum absolute atomic E-state index is 0.0119. The molecule has 0 aromatic heterocycles. The van der Waals surface area contributed by atoms with Crippen LogP contribution in [0.25, 0.3) is 0 Å². The summed E-state index contributed by atoms with van der Waals surface area (Å²) in [5.41, 5.74) is -0.0776. The summed E-state index contributed by atoms with van der Waals surface area (Å²) in [7, 11) is 0. The van der Waals surface area contributed by atoms with E-state index in [9.17, 15) is 9.59 Å². The number of hydrogen-bond acceptors (Lipinski definition) is 2. The van der Waals surface area contributed by atoms with Gasteiger partial charge in [-0.25, -0.2) is 0 Å². The molecular weight excluding hydrogens is 264 g/mol. The van der Waals surface area contributed by atoms with E-state index in [0.717, 1.165) is 12.0 Å². The Balaban J connectivity index is 2.48. The van der Waals surface area contributed by atoms with E-state index >= 15 is 0 Å². The van der Waals surface area contributed by atoms with Gasteiger partial charge in [-0.15, -0.1) is 0 Å². The van der Waals surface area contributed by atoms with Gasteiger partial charge in [0.15, 0.2) is 0 Å². The molecule has 0 radical (unpaired) electrons. The van der Waals surface area contributed by atoms with Crippen molar-refractivity contribution in [2.24, 2.45) is 5.92 Å². The smallest absolute Gasteiger partial charge is 0.251 e. The van der Waals surface area contributed by atoms with E-state index in [4.69, 9.17) is 0 Å². The molecule has 0 spiro atoms. The van der Waals surface area contributed by atoms with Gasteiger partial charge in [0.1, 0.15) is 11.6 Å². The zero-order valence-corrected chi connectivity index (χ0v) is 13.2. The van der Waals surface area contributed by atoms with Gasteiger partial charge in [0.2, 0.25) is 5.91 Å². The van der Waals surface area contributed by atoms with E-state index in [2.05, 4.69) is 5.32 Å². The maximum atomic E-state index is 12.8. The van der Waals surface area contributed by atoms with Crippen molar-refractivity contribution in [3.63, 3.8) is 0 Å². The van der Waals surface area contributed by atoms with Crippen molar-refractivity contribution in [3.8, 4) is 0 Å². The number of amides is 2. The lowest BCUT2D eigenvalue weighted by Gasteiger charge is -2.47. The molecule has 1 N–H and O–H groups in total. The lowest BCUT2D eigenvalue weighted by molar-refractivity contribution is -0.158. The molecule has 0 saturated carbocycles. The van der Waals surface area contributed by atoms with E-state index in [0.29, 0.717) is 6.54 Å². The van der Waals surface area contributed by atoms with Crippen molar-refractivity contribution >= 4 is 11.8 Å². The standard InChI is InChI=1S/C17H24N2O2/c1-5-11-19-15(20)14(12(2)3)18-16(21)17(19,4)13-9-7-6-8-10-13/h6-10,12,14H,5,11H2,1-4H3,(H,18,21). The fourth-order valence-electron chi connectivity index (χ4n) is 2.91. The molecule has 1 heterocycles. The molecule has 0 aliphatic carbocycles. The molecule has 2 rings (SSSR count). The highest BCUT2D eigenvalue weighted by Gasteiger charge is 2.50. The molecule has 2 atom stereocenters. The highest BCUT2D eigenvalue weighted by atomic mass is 16.2. The Bertz CT molecular complexity index is 527. The number of benzene rings is 1. The maximum Gasteiger partial charge on any atom is 0.251 e. The van der Waals surface area contributed by atoms with Gasteiger partial charge >= 0.3 is 0 Å². The molecule has 4 nitrogen and oxygen atoms in total. The predicted molar refractivity (Wildman–Crippen MR) is 82.6 cm³/mol. The van der Waals surface area contributed by atoms with Crippen LogP contribution in [0.2, 0.25) is 0 Å². The zero-order valence-electron chi connectivity index (χ0n) is 13.2. The van der Waals surface area contributed by atoms with Crippen LogP contribution in [0.1, 0.15) is 39.7 Å². The first-order valence-corrected chi connectivity index (χ1v) is 7.60. The molecule has 1 aliphatic heterocycles. The molecule has 4 heteroatoms. The second-order valence-electron chi connectivity index (χ2n) is 6.12. The summed E-state index contributed by atoms with van der Waals surface area (Å²) in [4.78, 5) is 27.3. The summed E-state index contributed by atoms with van der Waals surface area (Å²) in [6.07, 6.45) is 0.826. The second kappa shape index (κ2) is 5.88. The predicted octanol–water partition coefficient (Wildman–Crippen LogP) is 2.29. The van der Waals surface area contributed by atoms with Crippen molar-refractivity contribution < 1.29 is 9.59 Å². The molecule has 0 bridgehead atoms. The lowest BCUT2D eigenvalue weighted by Crippen LogP contribution is -2.68. The molecule has 1 aliphatic rings. The monoisotopic (exact) mass is 288 g/mol. The third-order valence-corrected chi connectivity index (χ3v) is 4.25. The first-order chi connectivity index (χ1) is 9.92. The van der Waals surface area contributed by atoms with E-state index < -0.39 is 11.6 Å². The van der Waals surface area contributed by atoms with Crippen LogP contribution in [0, 0.1) is 5.92 Å². The van der Waals surface area contributed by atoms with Crippen molar-refractivity contribution in [2.45, 2.75) is 45.7 Å². The first-order valence-electron chi connectivity index (χ1n) is 7.60. The quantitative estimate of drug-likeness (QED) is 0.924. The fourth-order valence-corrected chi connectivity index (χ4v) is 2.91. The number of rotatable bonds is 4. The largest absolute Gasteiger partial charge is 0.342 e. The summed E-state index contributed by atoms with van der Waals surface area (Å²) >= 11 is 0. The summed E-state index contributed by atoms with van der Waals surface area (Å²) in [6.45, 7) is 8.36. The summed E-state index contributed by atoms with van der Waals surface area (Å²) < 4.78 is 0. The molecule has 21 heavy (non-hydrogen) atoms. The molecule has 1 saturated heterocycles. The van der Waals surface area contributed by atoms with Crippen LogP contribution >= 0.6 is 0 Å². The Kier molecular flexibility index (Phi) is 4.35. The number of hydrogen-bond donors (Lipinski definition) is 1. The highest BCUT2D eigenvalue weighted by Crippen LogP contribution is 2.33. The van der Waals surface area contributed by atoms with E-state index in [1.807, 2.05) is 58.0 Å². The molecule has 2 amide bonds. The summed E-state index contributed by atoms with van der Waals surface area (Å²) in [6, 6.07) is 9.10. The topological polar surface area (TPSA) is 49.4 Å². The lowest BCUT2D eigenvalue weighted by atomic mass is 9.84. The molecule has 1 aromatic rings. The average molecular weight is 288 g/mol. The Labute approximate surface area is 126 Å². The molecule has 1 fully saturated rings. The van der Waals surface area contributed by atoms with Crippen molar-refractivity contribution in [1.29, 1.82) is 0 Å². The molecule has 114 valence electrons. The third-order valence-electron chi connectivity index (χ3n) is 4.25. The maximum absolute atomic E-state index is 12.8. The third kappa shape index (κ3) is 2.55. The van der Waals surface area contributed by atoms with Gasteiger partial charge in [0, 0.05) is 6.54 Å². The van der Waals surface area contributed by atoms with Gasteiger partial charge < -0.3 is 10.2 Å². The van der Waals surface area contributed by atoms with Gasteiger partial charge in [-0.1, -0.05) is 51.1 Å². The van der Waals surface area contributed by atoms with Gasteiger partial charge in [0.05, 0.1) is 0 Å². The van der Waals surface area contributed by atoms with Crippen molar-refractivity contribution in [2.75, 3.05) is 6.54 Å². The van der Waals surface area contributed by atoms with E-state index in [1.54, 1.807) is 4.90 Å². The van der Waals surface area contributed by atoms with Crippen LogP contribution in [0.5, 0.6) is 0 Å². The first kappa shape index (κ1) is 15.5. The molecule has 1 aromatic carbocycles. The van der Waals surface area contributed by atoms with Crippen LogP contribution < -0.4 is 5.32 Å². The minimum atomic E-state index is -0.931. The fraction of sp³-hybridized carbons (Fsp3) is 0.529. The summed E-state index contributed by atoms with van der Waals surface area (Å²) in [5.74, 6) is -0.000572. The van der Waals surface area contributed by atoms with Crippen molar-refractivity contribution in [1.82, 2.24) is 10.2 Å². The SMILES string of the molecule is CCCN1C(=O)C(C(C)C)NC(=O)C1(C)c1ccccc1. The van der Waals surface area contributed by atoms with Crippen LogP contribution in [0.15, 0.2) is 30.3 Å². The normalized spacial score (nSPS) is 26.1. The second-order valence-corrected chi connectivity index (χ2v) is 6.12. The van der Waals surface area contributed by atoms with Crippen LogP contribution in [-0.4, -0.2) is 29.3 Å².